The molecule has 116 valence electrons. The van der Waals surface area contributed by atoms with Gasteiger partial charge in [-0.15, -0.1) is 0 Å². The third kappa shape index (κ3) is 3.00. The van der Waals surface area contributed by atoms with Gasteiger partial charge in [0.15, 0.2) is 0 Å². The molecule has 2 atom stereocenters. The van der Waals surface area contributed by atoms with Gasteiger partial charge in [0.1, 0.15) is 0 Å². The first-order valence-corrected chi connectivity index (χ1v) is 7.82. The van der Waals surface area contributed by atoms with Crippen LogP contribution in [0.5, 0.6) is 0 Å². The highest BCUT2D eigenvalue weighted by Gasteiger charge is 2.46. The van der Waals surface area contributed by atoms with E-state index in [1.54, 1.807) is 0 Å². The first kappa shape index (κ1) is 15.7. The summed E-state index contributed by atoms with van der Waals surface area (Å²) in [6.07, 6.45) is 3.33. The molecule has 2 N–H and O–H groups in total. The number of nitrogens with two attached hydrogens (primary N) is 1. The average Bonchev–Trinajstić information content (AvgIpc) is 2.79. The van der Waals surface area contributed by atoms with E-state index in [-0.39, 0.29) is 11.9 Å². The van der Waals surface area contributed by atoms with Crippen LogP contribution in [-0.2, 0) is 9.53 Å². The Kier molecular flexibility index (Phi) is 5.04. The molecule has 0 radical (unpaired) electrons. The quantitative estimate of drug-likeness (QED) is 0.824. The minimum absolute atomic E-state index is 0.149. The van der Waals surface area contributed by atoms with E-state index in [0.29, 0.717) is 19.3 Å². The third-order valence-electron chi connectivity index (χ3n) is 4.97. The highest BCUT2D eigenvalue weighted by molar-refractivity contribution is 5.83. The van der Waals surface area contributed by atoms with Gasteiger partial charge in [-0.1, -0.05) is 6.92 Å². The Morgan fingerprint density at radius 2 is 2.10 bits per heavy atom. The first-order valence-electron chi connectivity index (χ1n) is 7.82. The van der Waals surface area contributed by atoms with Gasteiger partial charge in [0.2, 0.25) is 5.91 Å². The molecule has 1 amide bonds. The second-order valence-corrected chi connectivity index (χ2v) is 6.53. The van der Waals surface area contributed by atoms with Crippen molar-refractivity contribution in [1.82, 2.24) is 9.80 Å². The minimum Gasteiger partial charge on any atom is -0.379 e. The Balaban J connectivity index is 1.91. The summed E-state index contributed by atoms with van der Waals surface area (Å²) in [5, 5.41) is 0. The number of hydrogen-bond acceptors (Lipinski definition) is 4. The van der Waals surface area contributed by atoms with Crippen molar-refractivity contribution in [3.8, 4) is 0 Å². The van der Waals surface area contributed by atoms with Crippen molar-refractivity contribution in [3.63, 3.8) is 0 Å². The number of nitrogens with zero attached hydrogens (tertiary/aromatic N) is 2. The molecule has 5 heteroatoms. The lowest BCUT2D eigenvalue weighted by molar-refractivity contribution is -0.143. The molecule has 2 unspecified atom stereocenters. The van der Waals surface area contributed by atoms with Gasteiger partial charge in [-0.2, -0.15) is 0 Å². The van der Waals surface area contributed by atoms with Crippen LogP contribution in [0.1, 0.15) is 33.1 Å². The maximum absolute atomic E-state index is 12.7. The van der Waals surface area contributed by atoms with E-state index >= 15 is 0 Å². The smallest absolute Gasteiger partial charge is 0.232 e. The monoisotopic (exact) mass is 283 g/mol. The van der Waals surface area contributed by atoms with E-state index in [9.17, 15) is 4.79 Å². The largest absolute Gasteiger partial charge is 0.379 e. The molecular weight excluding hydrogens is 254 g/mol. The second-order valence-electron chi connectivity index (χ2n) is 6.53. The van der Waals surface area contributed by atoms with E-state index in [0.717, 1.165) is 25.9 Å². The van der Waals surface area contributed by atoms with Crippen molar-refractivity contribution < 1.29 is 9.53 Å². The summed E-state index contributed by atoms with van der Waals surface area (Å²) in [5.41, 5.74) is 5.52. The molecule has 2 rings (SSSR count). The molecule has 2 fully saturated rings. The number of rotatable bonds is 4. The van der Waals surface area contributed by atoms with E-state index in [1.165, 1.54) is 13.0 Å². The van der Waals surface area contributed by atoms with Crippen LogP contribution in [0.3, 0.4) is 0 Å². The number of likely N-dealkylation sites (tertiary alicyclic amines) is 1. The van der Waals surface area contributed by atoms with Crippen molar-refractivity contribution >= 4 is 5.91 Å². The fourth-order valence-electron chi connectivity index (χ4n) is 3.32. The number of carbonyl (C=O) groups is 1. The molecule has 20 heavy (non-hydrogen) atoms. The SMILES string of the molecule is CCCN1CCC(N(C)C(=O)C2(C)COCC2N)CC1. The molecule has 2 aliphatic rings. The molecule has 0 aromatic carbocycles. The van der Waals surface area contributed by atoms with E-state index in [1.807, 2.05) is 18.9 Å². The number of piperidine rings is 1. The average molecular weight is 283 g/mol. The van der Waals surface area contributed by atoms with Crippen LogP contribution in [0.15, 0.2) is 0 Å². The van der Waals surface area contributed by atoms with E-state index < -0.39 is 5.41 Å². The van der Waals surface area contributed by atoms with Gasteiger partial charge >= 0.3 is 0 Å². The number of amides is 1. The van der Waals surface area contributed by atoms with Crippen molar-refractivity contribution in [2.75, 3.05) is 39.9 Å². The highest BCUT2D eigenvalue weighted by atomic mass is 16.5. The predicted molar refractivity (Wildman–Crippen MR) is 79.4 cm³/mol. The molecule has 0 aromatic heterocycles. The maximum atomic E-state index is 12.7. The van der Waals surface area contributed by atoms with Crippen LogP contribution >= 0.6 is 0 Å². The maximum Gasteiger partial charge on any atom is 0.232 e. The Hall–Kier alpha value is -0.650. The van der Waals surface area contributed by atoms with Gasteiger partial charge in [-0.3, -0.25) is 4.79 Å². The van der Waals surface area contributed by atoms with Gasteiger partial charge in [-0.05, 0) is 32.7 Å². The van der Waals surface area contributed by atoms with E-state index in [2.05, 4.69) is 11.8 Å². The lowest BCUT2D eigenvalue weighted by Crippen LogP contribution is -2.54. The Labute approximate surface area is 122 Å². The van der Waals surface area contributed by atoms with Crippen LogP contribution in [-0.4, -0.2) is 67.7 Å². The van der Waals surface area contributed by atoms with Crippen LogP contribution < -0.4 is 5.73 Å². The molecule has 2 aliphatic heterocycles. The number of carbonyl (C=O) groups excluding carboxylic acids is 1. The zero-order chi connectivity index (χ0) is 14.8. The third-order valence-corrected chi connectivity index (χ3v) is 4.97. The standard InChI is InChI=1S/C15H29N3O2/c1-4-7-18-8-5-12(6-9-18)17(3)14(19)15(2)11-20-10-13(15)16/h12-13H,4-11,16H2,1-3H3. The molecule has 2 saturated heterocycles. The van der Waals surface area contributed by atoms with Crippen molar-refractivity contribution in [1.29, 1.82) is 0 Å². The fraction of sp³-hybridized carbons (Fsp3) is 0.933. The van der Waals surface area contributed by atoms with Crippen LogP contribution in [0.25, 0.3) is 0 Å². The summed E-state index contributed by atoms with van der Waals surface area (Å²) < 4.78 is 5.40. The van der Waals surface area contributed by atoms with Crippen LogP contribution in [0, 0.1) is 5.41 Å². The molecule has 0 aliphatic carbocycles. The first-order chi connectivity index (χ1) is 9.49. The molecule has 0 aromatic rings. The van der Waals surface area contributed by atoms with Gasteiger partial charge in [0.25, 0.3) is 0 Å². The topological polar surface area (TPSA) is 58.8 Å². The number of ether oxygens (including phenoxy) is 1. The lowest BCUT2D eigenvalue weighted by atomic mass is 9.83. The Morgan fingerprint density at radius 3 is 2.60 bits per heavy atom. The number of hydrogen-bond donors (Lipinski definition) is 1. The summed E-state index contributed by atoms with van der Waals surface area (Å²) >= 11 is 0. The highest BCUT2D eigenvalue weighted by Crippen LogP contribution is 2.31. The summed E-state index contributed by atoms with van der Waals surface area (Å²) in [6, 6.07) is 0.165. The van der Waals surface area contributed by atoms with Crippen molar-refractivity contribution in [2.45, 2.75) is 45.2 Å². The van der Waals surface area contributed by atoms with Crippen molar-refractivity contribution in [2.24, 2.45) is 11.1 Å². The van der Waals surface area contributed by atoms with Gasteiger partial charge in [0.05, 0.1) is 18.6 Å². The molecule has 2 heterocycles. The molecule has 0 bridgehead atoms. The minimum atomic E-state index is -0.546. The van der Waals surface area contributed by atoms with Gasteiger partial charge in [-0.25, -0.2) is 0 Å². The predicted octanol–water partition coefficient (Wildman–Crippen LogP) is 0.683. The lowest BCUT2D eigenvalue weighted by Gasteiger charge is -2.40. The molecule has 5 nitrogen and oxygen atoms in total. The summed E-state index contributed by atoms with van der Waals surface area (Å²) in [6.45, 7) is 8.45. The van der Waals surface area contributed by atoms with Crippen LogP contribution in [0.4, 0.5) is 0 Å². The van der Waals surface area contributed by atoms with Gasteiger partial charge < -0.3 is 20.3 Å². The fourth-order valence-corrected chi connectivity index (χ4v) is 3.32. The summed E-state index contributed by atoms with van der Waals surface area (Å²) in [7, 11) is 1.93. The molecule has 0 saturated carbocycles. The Bertz CT molecular complexity index is 342. The van der Waals surface area contributed by atoms with Crippen LogP contribution in [0.2, 0.25) is 0 Å². The normalized spacial score (nSPS) is 32.5. The summed E-state index contributed by atoms with van der Waals surface area (Å²) in [5.74, 6) is 0.149. The molecular formula is C15H29N3O2. The summed E-state index contributed by atoms with van der Waals surface area (Å²) in [4.78, 5) is 17.2. The second kappa shape index (κ2) is 6.41. The van der Waals surface area contributed by atoms with E-state index in [4.69, 9.17) is 10.5 Å². The molecule has 0 spiro atoms. The zero-order valence-electron chi connectivity index (χ0n) is 13.1. The van der Waals surface area contributed by atoms with Crippen molar-refractivity contribution in [3.05, 3.63) is 0 Å². The Morgan fingerprint density at radius 1 is 1.45 bits per heavy atom. The van der Waals surface area contributed by atoms with Gasteiger partial charge in [0, 0.05) is 32.2 Å². The zero-order valence-corrected chi connectivity index (χ0v) is 13.1.